The van der Waals surface area contributed by atoms with E-state index >= 15 is 0 Å². The SMILES string of the molecule is CC(C)N1CCC2(CC1)COC1(CC1)[C@H]2N. The van der Waals surface area contributed by atoms with Crippen LogP contribution in [0.25, 0.3) is 0 Å². The van der Waals surface area contributed by atoms with Crippen molar-refractivity contribution in [1.82, 2.24) is 4.90 Å². The Kier molecular flexibility index (Phi) is 2.36. The molecule has 1 atom stereocenters. The molecular formula is C13H24N2O. The first-order valence-corrected chi connectivity index (χ1v) is 6.72. The summed E-state index contributed by atoms with van der Waals surface area (Å²) in [6, 6.07) is 0.972. The molecule has 3 nitrogen and oxygen atoms in total. The lowest BCUT2D eigenvalue weighted by atomic mass is 9.72. The van der Waals surface area contributed by atoms with E-state index in [2.05, 4.69) is 18.7 Å². The predicted molar refractivity (Wildman–Crippen MR) is 64.3 cm³/mol. The number of likely N-dealkylation sites (tertiary alicyclic amines) is 1. The summed E-state index contributed by atoms with van der Waals surface area (Å²) >= 11 is 0. The van der Waals surface area contributed by atoms with Gasteiger partial charge in [-0.05, 0) is 52.6 Å². The number of hydrogen-bond acceptors (Lipinski definition) is 3. The van der Waals surface area contributed by atoms with E-state index in [1.807, 2.05) is 0 Å². The summed E-state index contributed by atoms with van der Waals surface area (Å²) in [5.74, 6) is 0. The van der Waals surface area contributed by atoms with Gasteiger partial charge in [0.05, 0.1) is 12.2 Å². The fourth-order valence-corrected chi connectivity index (χ4v) is 3.54. The Morgan fingerprint density at radius 2 is 1.81 bits per heavy atom. The zero-order valence-corrected chi connectivity index (χ0v) is 10.5. The molecule has 2 N–H and O–H groups in total. The van der Waals surface area contributed by atoms with Gasteiger partial charge < -0.3 is 15.4 Å². The maximum absolute atomic E-state index is 6.46. The van der Waals surface area contributed by atoms with E-state index in [0.29, 0.717) is 17.5 Å². The Hall–Kier alpha value is -0.120. The van der Waals surface area contributed by atoms with Crippen LogP contribution >= 0.6 is 0 Å². The Bertz CT molecular complexity index is 278. The highest BCUT2D eigenvalue weighted by Crippen LogP contribution is 2.56. The molecule has 0 bridgehead atoms. The highest BCUT2D eigenvalue weighted by Gasteiger charge is 2.62. The average Bonchev–Trinajstić information content (AvgIpc) is 3.02. The fraction of sp³-hybridized carbons (Fsp3) is 1.00. The van der Waals surface area contributed by atoms with E-state index in [4.69, 9.17) is 10.5 Å². The van der Waals surface area contributed by atoms with Crippen LogP contribution in [0.3, 0.4) is 0 Å². The molecule has 3 rings (SSSR count). The molecule has 0 aromatic rings. The van der Waals surface area contributed by atoms with Gasteiger partial charge in [-0.25, -0.2) is 0 Å². The summed E-state index contributed by atoms with van der Waals surface area (Å²) in [7, 11) is 0. The van der Waals surface area contributed by atoms with Gasteiger partial charge in [0.2, 0.25) is 0 Å². The van der Waals surface area contributed by atoms with E-state index in [0.717, 1.165) is 6.61 Å². The number of rotatable bonds is 1. The molecule has 0 radical (unpaired) electrons. The third-order valence-electron chi connectivity index (χ3n) is 5.14. The van der Waals surface area contributed by atoms with Crippen molar-refractivity contribution in [2.45, 2.75) is 57.2 Å². The molecule has 2 saturated heterocycles. The minimum atomic E-state index is 0.111. The lowest BCUT2D eigenvalue weighted by Gasteiger charge is -2.42. The van der Waals surface area contributed by atoms with Gasteiger partial charge >= 0.3 is 0 Å². The molecule has 0 unspecified atom stereocenters. The quantitative estimate of drug-likeness (QED) is 0.731. The van der Waals surface area contributed by atoms with Crippen molar-refractivity contribution in [3.05, 3.63) is 0 Å². The van der Waals surface area contributed by atoms with Crippen molar-refractivity contribution in [3.63, 3.8) is 0 Å². The molecule has 2 aliphatic heterocycles. The van der Waals surface area contributed by atoms with Crippen molar-refractivity contribution in [1.29, 1.82) is 0 Å². The summed E-state index contributed by atoms with van der Waals surface area (Å²) < 4.78 is 6.01. The first-order chi connectivity index (χ1) is 7.58. The molecular weight excluding hydrogens is 200 g/mol. The lowest BCUT2D eigenvalue weighted by Crippen LogP contribution is -2.52. The van der Waals surface area contributed by atoms with Gasteiger partial charge in [0, 0.05) is 17.5 Å². The molecule has 3 aliphatic rings. The van der Waals surface area contributed by atoms with Crippen LogP contribution in [0.5, 0.6) is 0 Å². The maximum atomic E-state index is 6.46. The minimum absolute atomic E-state index is 0.111. The zero-order valence-electron chi connectivity index (χ0n) is 10.5. The standard InChI is InChI=1S/C13H24N2O/c1-10(2)15-7-5-12(6-8-15)9-16-13(3-4-13)11(12)14/h10-11H,3-9,14H2,1-2H3/t11-/m0/s1. The second kappa shape index (κ2) is 3.44. The lowest BCUT2D eigenvalue weighted by molar-refractivity contribution is 0.0498. The number of piperidine rings is 1. The van der Waals surface area contributed by atoms with Crippen LogP contribution in [0.4, 0.5) is 0 Å². The van der Waals surface area contributed by atoms with E-state index in [1.165, 1.54) is 38.8 Å². The van der Waals surface area contributed by atoms with Gasteiger partial charge in [0.25, 0.3) is 0 Å². The first-order valence-electron chi connectivity index (χ1n) is 6.72. The van der Waals surface area contributed by atoms with Gasteiger partial charge in [-0.1, -0.05) is 0 Å². The molecule has 0 aromatic carbocycles. The monoisotopic (exact) mass is 224 g/mol. The molecule has 16 heavy (non-hydrogen) atoms. The Labute approximate surface area is 98.3 Å². The maximum Gasteiger partial charge on any atom is 0.0841 e. The Balaban J connectivity index is 1.69. The highest BCUT2D eigenvalue weighted by atomic mass is 16.5. The average molecular weight is 224 g/mol. The molecule has 3 fully saturated rings. The van der Waals surface area contributed by atoms with Crippen LogP contribution in [0, 0.1) is 5.41 Å². The second-order valence-electron chi connectivity index (χ2n) is 6.32. The number of hydrogen-bond donors (Lipinski definition) is 1. The summed E-state index contributed by atoms with van der Waals surface area (Å²) in [6.45, 7) is 7.88. The third-order valence-corrected chi connectivity index (χ3v) is 5.14. The topological polar surface area (TPSA) is 38.5 Å². The van der Waals surface area contributed by atoms with E-state index < -0.39 is 0 Å². The fourth-order valence-electron chi connectivity index (χ4n) is 3.54. The zero-order chi connectivity index (χ0) is 11.4. The smallest absolute Gasteiger partial charge is 0.0841 e. The van der Waals surface area contributed by atoms with E-state index in [9.17, 15) is 0 Å². The van der Waals surface area contributed by atoms with Gasteiger partial charge in [0.1, 0.15) is 0 Å². The summed E-state index contributed by atoms with van der Waals surface area (Å²) in [6.07, 6.45) is 4.86. The predicted octanol–water partition coefficient (Wildman–Crippen LogP) is 1.37. The third kappa shape index (κ3) is 1.45. The van der Waals surface area contributed by atoms with Crippen molar-refractivity contribution in [3.8, 4) is 0 Å². The molecule has 1 aliphatic carbocycles. The summed E-state index contributed by atoms with van der Waals surface area (Å²) in [5.41, 5.74) is 6.88. The minimum Gasteiger partial charge on any atom is -0.373 e. The number of ether oxygens (including phenoxy) is 1. The number of nitrogens with two attached hydrogens (primary N) is 1. The van der Waals surface area contributed by atoms with Gasteiger partial charge in [-0.3, -0.25) is 0 Å². The molecule has 0 aromatic heterocycles. The van der Waals surface area contributed by atoms with Crippen LogP contribution in [0.1, 0.15) is 39.5 Å². The molecule has 1 saturated carbocycles. The van der Waals surface area contributed by atoms with Crippen LogP contribution in [-0.2, 0) is 4.74 Å². The van der Waals surface area contributed by atoms with Gasteiger partial charge in [0.15, 0.2) is 0 Å². The Morgan fingerprint density at radius 3 is 2.25 bits per heavy atom. The van der Waals surface area contributed by atoms with Crippen molar-refractivity contribution < 1.29 is 4.74 Å². The molecule has 2 spiro atoms. The van der Waals surface area contributed by atoms with Crippen molar-refractivity contribution in [2.75, 3.05) is 19.7 Å². The summed E-state index contributed by atoms with van der Waals surface area (Å²) in [4.78, 5) is 2.57. The summed E-state index contributed by atoms with van der Waals surface area (Å²) in [5, 5.41) is 0. The van der Waals surface area contributed by atoms with E-state index in [-0.39, 0.29) is 5.60 Å². The van der Waals surface area contributed by atoms with Gasteiger partial charge in [-0.2, -0.15) is 0 Å². The van der Waals surface area contributed by atoms with Crippen LogP contribution < -0.4 is 5.73 Å². The highest BCUT2D eigenvalue weighted by molar-refractivity contribution is 5.16. The second-order valence-corrected chi connectivity index (χ2v) is 6.32. The molecule has 2 heterocycles. The first kappa shape index (κ1) is 11.0. The van der Waals surface area contributed by atoms with Crippen molar-refractivity contribution >= 4 is 0 Å². The van der Waals surface area contributed by atoms with Crippen LogP contribution in [0.2, 0.25) is 0 Å². The molecule has 0 amide bonds. The Morgan fingerprint density at radius 1 is 1.19 bits per heavy atom. The van der Waals surface area contributed by atoms with Gasteiger partial charge in [-0.15, -0.1) is 0 Å². The largest absolute Gasteiger partial charge is 0.373 e. The number of nitrogens with zero attached hydrogens (tertiary/aromatic N) is 1. The van der Waals surface area contributed by atoms with Crippen molar-refractivity contribution in [2.24, 2.45) is 11.1 Å². The van der Waals surface area contributed by atoms with E-state index in [1.54, 1.807) is 0 Å². The normalized spacial score (nSPS) is 36.4. The van der Waals surface area contributed by atoms with Crippen LogP contribution in [0.15, 0.2) is 0 Å². The van der Waals surface area contributed by atoms with Crippen LogP contribution in [-0.4, -0.2) is 42.3 Å². The molecule has 3 heteroatoms. The molecule has 92 valence electrons.